The Kier molecular flexibility index (Phi) is 5.20. The standard InChI is InChI=1S/C28H27N5O4/c1-17-20(27(35)33(31(17)4)19-13-9-6-10-14-19)25-24-23-21(26(34)30(3)28(36)29(23)2)22(32(24)15-16-37-25)18-11-7-5-8-12-18/h5-14,25H,15-16H2,1-4H3/t25-/m1/s1. The number of benzene rings is 2. The van der Waals surface area contributed by atoms with Gasteiger partial charge in [0.25, 0.3) is 11.1 Å². The minimum absolute atomic E-state index is 0.200. The van der Waals surface area contributed by atoms with Crippen LogP contribution in [-0.4, -0.2) is 29.7 Å². The molecule has 37 heavy (non-hydrogen) atoms. The summed E-state index contributed by atoms with van der Waals surface area (Å²) in [6, 6.07) is 19.1. The van der Waals surface area contributed by atoms with Gasteiger partial charge in [0.2, 0.25) is 0 Å². The maximum Gasteiger partial charge on any atom is 0.331 e. The minimum Gasteiger partial charge on any atom is -0.365 e. The van der Waals surface area contributed by atoms with Crippen molar-refractivity contribution in [3.05, 3.63) is 109 Å². The molecule has 5 aromatic rings. The largest absolute Gasteiger partial charge is 0.365 e. The normalized spacial score (nSPS) is 15.3. The lowest BCUT2D eigenvalue weighted by atomic mass is 10.0. The van der Waals surface area contributed by atoms with Crippen LogP contribution in [0.2, 0.25) is 0 Å². The van der Waals surface area contributed by atoms with Crippen molar-refractivity contribution in [3.8, 4) is 16.9 Å². The highest BCUT2D eigenvalue weighted by molar-refractivity contribution is 5.96. The van der Waals surface area contributed by atoms with Gasteiger partial charge >= 0.3 is 5.69 Å². The first kappa shape index (κ1) is 23.1. The summed E-state index contributed by atoms with van der Waals surface area (Å²) >= 11 is 0. The van der Waals surface area contributed by atoms with Gasteiger partial charge < -0.3 is 9.30 Å². The Balaban J connectivity index is 1.73. The predicted octanol–water partition coefficient (Wildman–Crippen LogP) is 2.62. The molecule has 0 saturated heterocycles. The summed E-state index contributed by atoms with van der Waals surface area (Å²) in [4.78, 5) is 40.5. The van der Waals surface area contributed by atoms with Gasteiger partial charge in [0.15, 0.2) is 0 Å². The molecule has 188 valence electrons. The van der Waals surface area contributed by atoms with Crippen molar-refractivity contribution in [2.75, 3.05) is 6.61 Å². The number of ether oxygens (including phenoxy) is 1. The van der Waals surface area contributed by atoms with E-state index >= 15 is 0 Å². The smallest absolute Gasteiger partial charge is 0.331 e. The van der Waals surface area contributed by atoms with Gasteiger partial charge in [-0.15, -0.1) is 0 Å². The van der Waals surface area contributed by atoms with Gasteiger partial charge in [-0.2, -0.15) is 0 Å². The average molecular weight is 498 g/mol. The van der Waals surface area contributed by atoms with Crippen LogP contribution in [0.25, 0.3) is 27.8 Å². The van der Waals surface area contributed by atoms with Crippen LogP contribution < -0.4 is 16.8 Å². The lowest BCUT2D eigenvalue weighted by Gasteiger charge is -2.27. The summed E-state index contributed by atoms with van der Waals surface area (Å²) < 4.78 is 14.4. The summed E-state index contributed by atoms with van der Waals surface area (Å²) in [5.74, 6) is 0. The lowest BCUT2D eigenvalue weighted by molar-refractivity contribution is 0.0468. The summed E-state index contributed by atoms with van der Waals surface area (Å²) in [6.07, 6.45) is -0.755. The highest BCUT2D eigenvalue weighted by atomic mass is 16.5. The number of hydrogen-bond acceptors (Lipinski definition) is 4. The third-order valence-electron chi connectivity index (χ3n) is 7.46. The van der Waals surface area contributed by atoms with Crippen LogP contribution in [0.1, 0.15) is 23.1 Å². The second-order valence-electron chi connectivity index (χ2n) is 9.41. The predicted molar refractivity (Wildman–Crippen MR) is 141 cm³/mol. The summed E-state index contributed by atoms with van der Waals surface area (Å²) in [7, 11) is 4.99. The highest BCUT2D eigenvalue weighted by Gasteiger charge is 2.36. The van der Waals surface area contributed by atoms with Crippen molar-refractivity contribution in [2.24, 2.45) is 21.1 Å². The molecule has 0 amide bonds. The molecule has 0 radical (unpaired) electrons. The zero-order valence-corrected chi connectivity index (χ0v) is 21.1. The van der Waals surface area contributed by atoms with E-state index in [-0.39, 0.29) is 11.1 Å². The average Bonchev–Trinajstić information content (AvgIpc) is 3.38. The molecule has 4 heterocycles. The van der Waals surface area contributed by atoms with Gasteiger partial charge in [-0.05, 0) is 24.6 Å². The molecule has 0 fully saturated rings. The van der Waals surface area contributed by atoms with Crippen LogP contribution in [0.3, 0.4) is 0 Å². The molecular formula is C28H27N5O4. The van der Waals surface area contributed by atoms with E-state index in [1.165, 1.54) is 11.6 Å². The van der Waals surface area contributed by atoms with Crippen molar-refractivity contribution in [1.82, 2.24) is 23.1 Å². The summed E-state index contributed by atoms with van der Waals surface area (Å²) in [5.41, 5.74) is 3.70. The third-order valence-corrected chi connectivity index (χ3v) is 7.46. The number of hydrogen-bond donors (Lipinski definition) is 0. The van der Waals surface area contributed by atoms with Crippen LogP contribution in [-0.2, 0) is 32.4 Å². The van der Waals surface area contributed by atoms with Gasteiger partial charge in [0.05, 0.1) is 40.1 Å². The van der Waals surface area contributed by atoms with Crippen molar-refractivity contribution in [3.63, 3.8) is 0 Å². The zero-order valence-electron chi connectivity index (χ0n) is 21.1. The van der Waals surface area contributed by atoms with Crippen molar-refractivity contribution >= 4 is 10.9 Å². The van der Waals surface area contributed by atoms with Crippen LogP contribution >= 0.6 is 0 Å². The third kappa shape index (κ3) is 3.17. The van der Waals surface area contributed by atoms with E-state index in [2.05, 4.69) is 0 Å². The van der Waals surface area contributed by atoms with E-state index in [1.807, 2.05) is 83.9 Å². The van der Waals surface area contributed by atoms with E-state index in [4.69, 9.17) is 4.74 Å². The first-order valence-corrected chi connectivity index (χ1v) is 12.2. The number of nitrogens with zero attached hydrogens (tertiary/aromatic N) is 5. The van der Waals surface area contributed by atoms with Gasteiger partial charge in [0, 0.05) is 33.4 Å². The molecule has 2 aromatic carbocycles. The fraction of sp³-hybridized carbons (Fsp3) is 0.250. The molecule has 0 bridgehead atoms. The van der Waals surface area contributed by atoms with Crippen LogP contribution in [0.4, 0.5) is 0 Å². The fourth-order valence-corrected chi connectivity index (χ4v) is 5.59. The molecule has 0 unspecified atom stereocenters. The Morgan fingerprint density at radius 3 is 2.16 bits per heavy atom. The van der Waals surface area contributed by atoms with E-state index in [0.717, 1.165) is 27.2 Å². The van der Waals surface area contributed by atoms with E-state index in [0.29, 0.717) is 35.3 Å². The van der Waals surface area contributed by atoms with Crippen LogP contribution in [0, 0.1) is 6.92 Å². The number of aryl methyl sites for hydroxylation is 1. The monoisotopic (exact) mass is 497 g/mol. The minimum atomic E-state index is -0.755. The molecule has 1 aliphatic heterocycles. The quantitative estimate of drug-likeness (QED) is 0.384. The molecule has 0 aliphatic carbocycles. The van der Waals surface area contributed by atoms with Crippen molar-refractivity contribution < 1.29 is 4.74 Å². The number of fused-ring (bicyclic) bond motifs is 3. The van der Waals surface area contributed by atoms with Crippen LogP contribution in [0.15, 0.2) is 75.0 Å². The summed E-state index contributed by atoms with van der Waals surface area (Å²) in [6.45, 7) is 2.73. The first-order valence-electron chi connectivity index (χ1n) is 12.2. The Morgan fingerprint density at radius 1 is 0.838 bits per heavy atom. The summed E-state index contributed by atoms with van der Waals surface area (Å²) in [5, 5.41) is 0.443. The Hall–Kier alpha value is -4.37. The molecule has 0 saturated carbocycles. The molecule has 1 aliphatic rings. The van der Waals surface area contributed by atoms with Crippen molar-refractivity contribution in [1.29, 1.82) is 0 Å². The molecule has 6 rings (SSSR count). The van der Waals surface area contributed by atoms with E-state index < -0.39 is 11.8 Å². The maximum absolute atomic E-state index is 13.9. The zero-order chi connectivity index (χ0) is 26.0. The van der Waals surface area contributed by atoms with Gasteiger partial charge in [-0.25, -0.2) is 9.48 Å². The fourth-order valence-electron chi connectivity index (χ4n) is 5.59. The maximum atomic E-state index is 13.9. The number of para-hydroxylation sites is 1. The van der Waals surface area contributed by atoms with Crippen molar-refractivity contribution in [2.45, 2.75) is 19.6 Å². The topological polar surface area (TPSA) is 85.1 Å². The van der Waals surface area contributed by atoms with E-state index in [1.54, 1.807) is 11.7 Å². The number of aromatic nitrogens is 5. The molecule has 0 N–H and O–H groups in total. The number of rotatable bonds is 3. The molecular weight excluding hydrogens is 470 g/mol. The highest BCUT2D eigenvalue weighted by Crippen LogP contribution is 2.40. The Labute approximate surface area is 212 Å². The molecule has 1 atom stereocenters. The molecule has 0 spiro atoms. The Morgan fingerprint density at radius 2 is 1.49 bits per heavy atom. The lowest BCUT2D eigenvalue weighted by Crippen LogP contribution is -2.37. The second kappa shape index (κ2) is 8.35. The molecule has 9 heteroatoms. The van der Waals surface area contributed by atoms with Gasteiger partial charge in [-0.3, -0.25) is 23.4 Å². The van der Waals surface area contributed by atoms with E-state index in [9.17, 15) is 14.4 Å². The Bertz CT molecular complexity index is 1850. The molecule has 3 aromatic heterocycles. The first-order chi connectivity index (χ1) is 17.8. The second-order valence-corrected chi connectivity index (χ2v) is 9.41. The van der Waals surface area contributed by atoms with Gasteiger partial charge in [0.1, 0.15) is 6.10 Å². The van der Waals surface area contributed by atoms with Gasteiger partial charge in [-0.1, -0.05) is 48.5 Å². The SMILES string of the molecule is Cc1c([C@H]2OCCn3c(-c4ccccc4)c4c(=O)n(C)c(=O)n(C)c4c32)c(=O)n(-c2ccccc2)n1C. The molecule has 9 nitrogen and oxygen atoms in total. The van der Waals surface area contributed by atoms with Crippen LogP contribution in [0.5, 0.6) is 0 Å².